The van der Waals surface area contributed by atoms with E-state index < -0.39 is 0 Å². The van der Waals surface area contributed by atoms with Gasteiger partial charge in [-0.2, -0.15) is 0 Å². The molecule has 0 heterocycles. The summed E-state index contributed by atoms with van der Waals surface area (Å²) in [4.78, 5) is 0. The predicted molar refractivity (Wildman–Crippen MR) is 0 cm³/mol. The Morgan fingerprint density at radius 2 is 0.400 bits per heavy atom. The average Bonchev–Trinajstić information content (AvgIpc) is 0. The van der Waals surface area contributed by atoms with Crippen LogP contribution in [0.4, 0.5) is 0 Å². The molecule has 0 atom stereocenters. The maximum Gasteiger partial charge on any atom is 0 e. The largest absolute Gasteiger partial charge is 1.00 e. The third-order valence-electron chi connectivity index (χ3n) is 0. The van der Waals surface area contributed by atoms with E-state index in [2.05, 4.69) is 0 Å². The van der Waals surface area contributed by atoms with Gasteiger partial charge in [0.1, 0.15) is 0 Å². The average molecular weight is 179 g/mol. The zero-order chi connectivity index (χ0) is 0. The van der Waals surface area contributed by atoms with E-state index in [1.165, 1.54) is 0 Å². The van der Waals surface area contributed by atoms with Gasteiger partial charge in [-0.1, -0.05) is 0 Å². The van der Waals surface area contributed by atoms with Gasteiger partial charge in [-0.25, -0.2) is 0 Å². The standard InChI is InChI=1S/4FH.Rh/h4*1H;/p-4. The summed E-state index contributed by atoms with van der Waals surface area (Å²) in [5, 5.41) is 0. The molecule has 0 N–H and O–H groups in total. The van der Waals surface area contributed by atoms with E-state index in [4.69, 9.17) is 0 Å². The van der Waals surface area contributed by atoms with Crippen molar-refractivity contribution >= 4 is 0 Å². The molecule has 0 unspecified atom stereocenters. The van der Waals surface area contributed by atoms with Crippen LogP contribution in [0.15, 0.2) is 0 Å². The molecule has 0 aliphatic carbocycles. The first-order valence-electron chi connectivity index (χ1n) is 0. The number of hydrogen-bond donors (Lipinski definition) is 0. The zero-order valence-corrected chi connectivity index (χ0v) is 3.48. The molecule has 5 heteroatoms. The van der Waals surface area contributed by atoms with E-state index in [-0.39, 0.29) is 38.3 Å². The summed E-state index contributed by atoms with van der Waals surface area (Å²) in [6.45, 7) is 0. The third kappa shape index (κ3) is 202. The van der Waals surface area contributed by atoms with Crippen molar-refractivity contribution in [2.45, 2.75) is 0 Å². The smallest absolute Gasteiger partial charge is 0 e. The number of hydrogen-bond acceptors (Lipinski definition) is 0. The minimum atomic E-state index is 0. The Balaban J connectivity index is 0. The van der Waals surface area contributed by atoms with Gasteiger partial charge >= 0.3 is 0 Å². The molecule has 0 aromatic heterocycles. The van der Waals surface area contributed by atoms with Crippen molar-refractivity contribution < 1.29 is 38.3 Å². The molecule has 0 saturated carbocycles. The minimum absolute atomic E-state index is 0. The number of halogens is 4. The Hall–Kier alpha value is 0.343. The molecular weight excluding hydrogens is 179 g/mol. The Kier molecular flexibility index (Phi) is 70400. The predicted octanol–water partition coefficient (Wildman–Crippen LogP) is -12.0. The molecule has 0 nitrogen and oxygen atoms in total. The van der Waals surface area contributed by atoms with Gasteiger partial charge in [-0.05, 0) is 0 Å². The fourth-order valence-corrected chi connectivity index (χ4v) is 0. The van der Waals surface area contributed by atoms with Crippen LogP contribution in [0.1, 0.15) is 0 Å². The molecule has 41 valence electrons. The Morgan fingerprint density at radius 1 is 0.400 bits per heavy atom. The van der Waals surface area contributed by atoms with E-state index in [1.807, 2.05) is 0 Å². The van der Waals surface area contributed by atoms with Crippen molar-refractivity contribution in [3.05, 3.63) is 0 Å². The first-order valence-corrected chi connectivity index (χ1v) is 0. The maximum absolute atomic E-state index is 0. The van der Waals surface area contributed by atoms with Crippen molar-refractivity contribution in [1.29, 1.82) is 0 Å². The summed E-state index contributed by atoms with van der Waals surface area (Å²) in [7, 11) is 0. The van der Waals surface area contributed by atoms with Gasteiger partial charge in [-0.15, -0.1) is 0 Å². The second kappa shape index (κ2) is 412. The van der Waals surface area contributed by atoms with Crippen LogP contribution in [-0.2, 0) is 19.5 Å². The summed E-state index contributed by atoms with van der Waals surface area (Å²) in [6, 6.07) is 0. The van der Waals surface area contributed by atoms with Crippen molar-refractivity contribution in [3.63, 3.8) is 0 Å². The fourth-order valence-electron chi connectivity index (χ4n) is 0. The van der Waals surface area contributed by atoms with Gasteiger partial charge in [-0.3, -0.25) is 0 Å². The number of rotatable bonds is 0. The minimum Gasteiger partial charge on any atom is -1.00 e. The van der Waals surface area contributed by atoms with Gasteiger partial charge in [0, 0.05) is 19.5 Å². The Labute approximate surface area is 39.2 Å². The zero-order valence-electron chi connectivity index (χ0n) is 1.85. The summed E-state index contributed by atoms with van der Waals surface area (Å²) in [6.07, 6.45) is 0. The van der Waals surface area contributed by atoms with Crippen molar-refractivity contribution in [3.8, 4) is 0 Å². The first kappa shape index (κ1) is 855. The quantitative estimate of drug-likeness (QED) is 0.256. The van der Waals surface area contributed by atoms with Gasteiger partial charge < -0.3 is 18.8 Å². The molecule has 5 heavy (non-hydrogen) atoms. The second-order valence-electron chi connectivity index (χ2n) is 0. The molecule has 0 fully saturated rings. The van der Waals surface area contributed by atoms with Gasteiger partial charge in [0.15, 0.2) is 0 Å². The van der Waals surface area contributed by atoms with Crippen LogP contribution in [0, 0.1) is 0 Å². The van der Waals surface area contributed by atoms with Gasteiger partial charge in [0.25, 0.3) is 0 Å². The van der Waals surface area contributed by atoms with Crippen LogP contribution >= 0.6 is 0 Å². The molecule has 0 aliphatic heterocycles. The summed E-state index contributed by atoms with van der Waals surface area (Å²) in [5.41, 5.74) is 0. The molecule has 0 rings (SSSR count). The Morgan fingerprint density at radius 3 is 0.400 bits per heavy atom. The van der Waals surface area contributed by atoms with E-state index in [1.54, 1.807) is 0 Å². The van der Waals surface area contributed by atoms with E-state index in [0.29, 0.717) is 0 Å². The van der Waals surface area contributed by atoms with Crippen LogP contribution in [0.3, 0.4) is 0 Å². The maximum atomic E-state index is 0. The van der Waals surface area contributed by atoms with E-state index in [9.17, 15) is 0 Å². The van der Waals surface area contributed by atoms with Gasteiger partial charge in [0.2, 0.25) is 0 Å². The van der Waals surface area contributed by atoms with Crippen molar-refractivity contribution in [2.24, 2.45) is 0 Å². The summed E-state index contributed by atoms with van der Waals surface area (Å²) < 4.78 is 0. The summed E-state index contributed by atoms with van der Waals surface area (Å²) in [5.74, 6) is 0. The van der Waals surface area contributed by atoms with E-state index >= 15 is 0 Å². The van der Waals surface area contributed by atoms with Crippen LogP contribution < -0.4 is 18.8 Å². The van der Waals surface area contributed by atoms with Crippen LogP contribution in [0.25, 0.3) is 0 Å². The van der Waals surface area contributed by atoms with Crippen molar-refractivity contribution in [2.75, 3.05) is 0 Å². The molecule has 0 amide bonds. The van der Waals surface area contributed by atoms with Gasteiger partial charge in [0.05, 0.1) is 0 Å². The van der Waals surface area contributed by atoms with Crippen LogP contribution in [0.5, 0.6) is 0 Å². The normalized spacial score (nSPS) is 0. The van der Waals surface area contributed by atoms with Crippen molar-refractivity contribution in [1.82, 2.24) is 0 Å². The molecule has 0 bridgehead atoms. The topological polar surface area (TPSA) is 0 Å². The molecule has 0 aromatic carbocycles. The van der Waals surface area contributed by atoms with Crippen LogP contribution in [0.2, 0.25) is 0 Å². The van der Waals surface area contributed by atoms with Crippen LogP contribution in [-0.4, -0.2) is 0 Å². The molecule has 0 aliphatic rings. The molecule has 1 radical (unpaired) electrons. The molecular formula is F4Rh-4. The SMILES string of the molecule is [F-].[F-].[F-].[F-].[Rh]. The first-order chi connectivity index (χ1) is 0. The van der Waals surface area contributed by atoms with E-state index in [0.717, 1.165) is 0 Å². The fraction of sp³-hybridized carbons (Fsp3) is 0. The monoisotopic (exact) mass is 179 g/mol. The summed E-state index contributed by atoms with van der Waals surface area (Å²) >= 11 is 0. The third-order valence-corrected chi connectivity index (χ3v) is 0. The molecule has 0 saturated heterocycles. The molecule has 0 spiro atoms. The Bertz CT molecular complexity index is 3.61. The second-order valence-corrected chi connectivity index (χ2v) is 0. The molecule has 0 aromatic rings.